The molecule has 1 N–H and O–H groups in total. The number of pyridine rings is 1. The average molecular weight is 395 g/mol. The Morgan fingerprint density at radius 2 is 1.93 bits per heavy atom. The van der Waals surface area contributed by atoms with E-state index in [9.17, 15) is 0 Å². The number of aliphatic imine (C=N–C) groups is 1. The molecule has 0 radical (unpaired) electrons. The SMILES string of the molecule is CCNC(=NCc1ccnc(N2CCN(C)CC2)c1)N(C)Cc1ccccc1C. The summed E-state index contributed by atoms with van der Waals surface area (Å²) in [6.07, 6.45) is 1.91. The number of rotatable bonds is 6. The van der Waals surface area contributed by atoms with Crippen molar-refractivity contribution in [3.8, 4) is 0 Å². The van der Waals surface area contributed by atoms with Crippen molar-refractivity contribution in [2.75, 3.05) is 51.7 Å². The normalized spacial score (nSPS) is 15.4. The number of likely N-dealkylation sites (N-methyl/N-ethyl adjacent to an activating group) is 1. The van der Waals surface area contributed by atoms with Crippen molar-refractivity contribution < 1.29 is 0 Å². The van der Waals surface area contributed by atoms with E-state index >= 15 is 0 Å². The number of anilines is 1. The zero-order chi connectivity index (χ0) is 20.6. The maximum absolute atomic E-state index is 4.88. The van der Waals surface area contributed by atoms with E-state index in [0.717, 1.165) is 51.0 Å². The Morgan fingerprint density at radius 1 is 1.17 bits per heavy atom. The van der Waals surface area contributed by atoms with Crippen molar-refractivity contribution in [3.63, 3.8) is 0 Å². The van der Waals surface area contributed by atoms with Crippen molar-refractivity contribution in [2.24, 2.45) is 4.99 Å². The van der Waals surface area contributed by atoms with Gasteiger partial charge in [0.25, 0.3) is 0 Å². The molecule has 6 nitrogen and oxygen atoms in total. The average Bonchev–Trinajstić information content (AvgIpc) is 2.73. The smallest absolute Gasteiger partial charge is 0.194 e. The maximum atomic E-state index is 4.88. The zero-order valence-corrected chi connectivity index (χ0v) is 18.2. The Balaban J connectivity index is 1.68. The Labute approximate surface area is 175 Å². The summed E-state index contributed by atoms with van der Waals surface area (Å²) in [6, 6.07) is 12.8. The highest BCUT2D eigenvalue weighted by Crippen LogP contribution is 2.16. The standard InChI is InChI=1S/C23H34N6/c1-5-24-23(28(4)18-21-9-7-6-8-19(21)2)26-17-20-10-11-25-22(16-20)29-14-12-27(3)13-15-29/h6-11,16H,5,12-15,17-18H2,1-4H3,(H,24,26). The highest BCUT2D eigenvalue weighted by atomic mass is 15.3. The minimum absolute atomic E-state index is 0.643. The first kappa shape index (κ1) is 21.1. The molecular formula is C23H34N6. The summed E-state index contributed by atoms with van der Waals surface area (Å²) in [4.78, 5) is 16.4. The summed E-state index contributed by atoms with van der Waals surface area (Å²) in [5.74, 6) is 1.98. The van der Waals surface area contributed by atoms with Crippen LogP contribution in [0.25, 0.3) is 0 Å². The number of nitrogens with zero attached hydrogens (tertiary/aromatic N) is 5. The first-order valence-electron chi connectivity index (χ1n) is 10.5. The molecule has 6 heteroatoms. The van der Waals surface area contributed by atoms with Crippen molar-refractivity contribution in [1.82, 2.24) is 20.1 Å². The van der Waals surface area contributed by atoms with Gasteiger partial charge in [0.05, 0.1) is 6.54 Å². The van der Waals surface area contributed by atoms with E-state index < -0.39 is 0 Å². The molecule has 29 heavy (non-hydrogen) atoms. The van der Waals surface area contributed by atoms with Crippen molar-refractivity contribution >= 4 is 11.8 Å². The Bertz CT molecular complexity index is 811. The molecule has 3 rings (SSSR count). The van der Waals surface area contributed by atoms with Gasteiger partial charge in [-0.2, -0.15) is 0 Å². The van der Waals surface area contributed by atoms with E-state index in [2.05, 4.69) is 89.3 Å². The first-order valence-corrected chi connectivity index (χ1v) is 10.5. The van der Waals surface area contributed by atoms with Gasteiger partial charge >= 0.3 is 0 Å². The van der Waals surface area contributed by atoms with Crippen LogP contribution in [-0.2, 0) is 13.1 Å². The summed E-state index contributed by atoms with van der Waals surface area (Å²) in [5.41, 5.74) is 3.82. The number of guanidine groups is 1. The van der Waals surface area contributed by atoms with Crippen LogP contribution in [0.3, 0.4) is 0 Å². The summed E-state index contributed by atoms with van der Waals surface area (Å²) < 4.78 is 0. The summed E-state index contributed by atoms with van der Waals surface area (Å²) >= 11 is 0. The Morgan fingerprint density at radius 3 is 2.66 bits per heavy atom. The van der Waals surface area contributed by atoms with Gasteiger partial charge in [-0.05, 0) is 49.7 Å². The molecule has 0 aliphatic carbocycles. The molecule has 2 heterocycles. The van der Waals surface area contributed by atoms with E-state index in [1.807, 2.05) is 6.20 Å². The Hall–Kier alpha value is -2.60. The van der Waals surface area contributed by atoms with E-state index in [4.69, 9.17) is 4.99 Å². The molecule has 1 fully saturated rings. The van der Waals surface area contributed by atoms with E-state index in [1.54, 1.807) is 0 Å². The van der Waals surface area contributed by atoms with Crippen molar-refractivity contribution in [1.29, 1.82) is 0 Å². The molecule has 0 bridgehead atoms. The number of benzene rings is 1. The molecule has 0 unspecified atom stereocenters. The monoisotopic (exact) mass is 394 g/mol. The van der Waals surface area contributed by atoms with Crippen LogP contribution in [0.4, 0.5) is 5.82 Å². The largest absolute Gasteiger partial charge is 0.357 e. The number of hydrogen-bond acceptors (Lipinski definition) is 4. The van der Waals surface area contributed by atoms with E-state index in [0.29, 0.717) is 6.54 Å². The minimum Gasteiger partial charge on any atom is -0.357 e. The summed E-state index contributed by atoms with van der Waals surface area (Å²) in [7, 11) is 4.27. The quantitative estimate of drug-likeness (QED) is 0.603. The lowest BCUT2D eigenvalue weighted by molar-refractivity contribution is 0.312. The third kappa shape index (κ3) is 5.94. The van der Waals surface area contributed by atoms with Crippen molar-refractivity contribution in [2.45, 2.75) is 26.9 Å². The van der Waals surface area contributed by atoms with E-state index in [1.165, 1.54) is 16.7 Å². The van der Waals surface area contributed by atoms with Crippen molar-refractivity contribution in [3.05, 3.63) is 59.3 Å². The van der Waals surface area contributed by atoms with Gasteiger partial charge in [-0.15, -0.1) is 0 Å². The van der Waals surface area contributed by atoms with Gasteiger partial charge in [0, 0.05) is 52.5 Å². The van der Waals surface area contributed by atoms with Gasteiger partial charge in [-0.1, -0.05) is 24.3 Å². The maximum Gasteiger partial charge on any atom is 0.194 e. The third-order valence-electron chi connectivity index (χ3n) is 5.41. The number of piperazine rings is 1. The predicted molar refractivity (Wildman–Crippen MR) is 121 cm³/mol. The van der Waals surface area contributed by atoms with Crippen LogP contribution in [0.2, 0.25) is 0 Å². The van der Waals surface area contributed by atoms with Crippen LogP contribution in [0, 0.1) is 6.92 Å². The van der Waals surface area contributed by atoms with E-state index in [-0.39, 0.29) is 0 Å². The number of aryl methyl sites for hydroxylation is 1. The topological polar surface area (TPSA) is 47.0 Å². The minimum atomic E-state index is 0.643. The molecule has 1 aromatic heterocycles. The highest BCUT2D eigenvalue weighted by molar-refractivity contribution is 5.79. The molecule has 1 aliphatic heterocycles. The number of nitrogens with one attached hydrogen (secondary N) is 1. The second-order valence-corrected chi connectivity index (χ2v) is 7.77. The molecule has 1 aliphatic rings. The van der Waals surface area contributed by atoms with Gasteiger partial charge < -0.3 is 20.0 Å². The van der Waals surface area contributed by atoms with Gasteiger partial charge in [0.2, 0.25) is 0 Å². The van der Waals surface area contributed by atoms with Crippen LogP contribution in [0.1, 0.15) is 23.6 Å². The van der Waals surface area contributed by atoms with Crippen LogP contribution in [-0.4, -0.2) is 67.6 Å². The van der Waals surface area contributed by atoms with Crippen LogP contribution in [0.5, 0.6) is 0 Å². The molecule has 1 saturated heterocycles. The second kappa shape index (κ2) is 10.3. The molecule has 0 atom stereocenters. The number of aromatic nitrogens is 1. The van der Waals surface area contributed by atoms with Crippen LogP contribution in [0.15, 0.2) is 47.6 Å². The second-order valence-electron chi connectivity index (χ2n) is 7.77. The number of hydrogen-bond donors (Lipinski definition) is 1. The van der Waals surface area contributed by atoms with Crippen LogP contribution < -0.4 is 10.2 Å². The van der Waals surface area contributed by atoms with Gasteiger partial charge in [-0.3, -0.25) is 0 Å². The van der Waals surface area contributed by atoms with Gasteiger partial charge in [0.1, 0.15) is 5.82 Å². The molecule has 0 amide bonds. The first-order chi connectivity index (χ1) is 14.1. The fourth-order valence-electron chi connectivity index (χ4n) is 3.52. The molecular weight excluding hydrogens is 360 g/mol. The van der Waals surface area contributed by atoms with Crippen LogP contribution >= 0.6 is 0 Å². The fraction of sp³-hybridized carbons (Fsp3) is 0.478. The zero-order valence-electron chi connectivity index (χ0n) is 18.2. The lowest BCUT2D eigenvalue weighted by atomic mass is 10.1. The molecule has 1 aromatic carbocycles. The Kier molecular flexibility index (Phi) is 7.47. The summed E-state index contributed by atoms with van der Waals surface area (Å²) in [6.45, 7) is 10.8. The van der Waals surface area contributed by atoms with Gasteiger partial charge in [-0.25, -0.2) is 9.98 Å². The lowest BCUT2D eigenvalue weighted by Gasteiger charge is -2.33. The summed E-state index contributed by atoms with van der Waals surface area (Å²) in [5, 5.41) is 3.42. The predicted octanol–water partition coefficient (Wildman–Crippen LogP) is 2.74. The molecule has 2 aromatic rings. The third-order valence-corrected chi connectivity index (χ3v) is 5.41. The highest BCUT2D eigenvalue weighted by Gasteiger charge is 2.15. The lowest BCUT2D eigenvalue weighted by Crippen LogP contribution is -2.44. The molecule has 0 saturated carbocycles. The fourth-order valence-corrected chi connectivity index (χ4v) is 3.52. The molecule has 156 valence electrons. The van der Waals surface area contributed by atoms with Gasteiger partial charge in [0.15, 0.2) is 5.96 Å². The molecule has 0 spiro atoms.